The third-order valence-corrected chi connectivity index (χ3v) is 4.82. The summed E-state index contributed by atoms with van der Waals surface area (Å²) in [6, 6.07) is 4.60. The minimum atomic E-state index is -3.72. The Hall–Kier alpha value is -1.68. The van der Waals surface area contributed by atoms with Gasteiger partial charge in [0.2, 0.25) is 21.8 Å². The van der Waals surface area contributed by atoms with Crippen LogP contribution in [0.15, 0.2) is 23.1 Å². The van der Waals surface area contributed by atoms with E-state index in [0.717, 1.165) is 0 Å². The normalized spacial score (nSPS) is 11.4. The molecule has 0 unspecified atom stereocenters. The summed E-state index contributed by atoms with van der Waals surface area (Å²) in [4.78, 5) is 23.0. The van der Waals surface area contributed by atoms with E-state index in [1.807, 2.05) is 0 Å². The molecule has 25 heavy (non-hydrogen) atoms. The van der Waals surface area contributed by atoms with Crippen molar-refractivity contribution in [3.63, 3.8) is 0 Å². The summed E-state index contributed by atoms with van der Waals surface area (Å²) in [6.07, 6.45) is 0. The summed E-state index contributed by atoms with van der Waals surface area (Å²) in [5.41, 5.74) is 5.28. The van der Waals surface area contributed by atoms with Crippen LogP contribution in [-0.4, -0.2) is 38.9 Å². The van der Waals surface area contributed by atoms with Gasteiger partial charge >= 0.3 is 0 Å². The van der Waals surface area contributed by atoms with Crippen molar-refractivity contribution in [3.8, 4) is 0 Å². The number of carbonyl (C=O) groups is 2. The molecule has 0 atom stereocenters. The highest BCUT2D eigenvalue weighted by molar-refractivity contribution is 7.89. The van der Waals surface area contributed by atoms with Crippen molar-refractivity contribution in [2.24, 2.45) is 5.73 Å². The van der Waals surface area contributed by atoms with E-state index in [0.29, 0.717) is 11.3 Å². The average Bonchev–Trinajstić information content (AvgIpc) is 2.44. The highest BCUT2D eigenvalue weighted by Gasteiger charge is 2.24. The minimum Gasteiger partial charge on any atom is -0.346 e. The first-order valence-electron chi connectivity index (χ1n) is 7.36. The average molecular weight is 393 g/mol. The van der Waals surface area contributed by atoms with Crippen molar-refractivity contribution in [2.45, 2.75) is 38.1 Å². The topological polar surface area (TPSA) is 130 Å². The molecule has 5 N–H and O–H groups in total. The first-order valence-corrected chi connectivity index (χ1v) is 8.85. The van der Waals surface area contributed by atoms with Gasteiger partial charge in [-0.05, 0) is 45.4 Å². The Kier molecular flexibility index (Phi) is 8.52. The number of carbonyl (C=O) groups excluding carboxylic acids is 2. The fraction of sp³-hybridized carbons (Fsp3) is 0.467. The van der Waals surface area contributed by atoms with Gasteiger partial charge in [-0.15, -0.1) is 12.4 Å². The lowest BCUT2D eigenvalue weighted by molar-refractivity contribution is -0.123. The fourth-order valence-corrected chi connectivity index (χ4v) is 3.63. The van der Waals surface area contributed by atoms with Gasteiger partial charge in [0.15, 0.2) is 0 Å². The van der Waals surface area contributed by atoms with Gasteiger partial charge in [0.25, 0.3) is 0 Å². The standard InChI is InChI=1S/C15H24N4O4S.ClH/c1-10-11(18-14(21)9-17-13(20)8-16)6-5-7-12(10)24(22,23)19-15(2,3)4;/h5-7,19H,8-9,16H2,1-4H3,(H,17,20)(H,18,21);1H. The molecule has 10 heteroatoms. The van der Waals surface area contributed by atoms with E-state index in [9.17, 15) is 18.0 Å². The van der Waals surface area contributed by atoms with Gasteiger partial charge in [0.05, 0.1) is 18.0 Å². The summed E-state index contributed by atoms with van der Waals surface area (Å²) < 4.78 is 27.5. The zero-order chi connectivity index (χ0) is 18.5. The maximum atomic E-state index is 12.5. The second kappa shape index (κ2) is 9.14. The van der Waals surface area contributed by atoms with Crippen LogP contribution < -0.4 is 21.1 Å². The van der Waals surface area contributed by atoms with Crippen molar-refractivity contribution in [3.05, 3.63) is 23.8 Å². The Bertz CT molecular complexity index is 730. The molecule has 0 heterocycles. The van der Waals surface area contributed by atoms with E-state index < -0.39 is 27.4 Å². The Morgan fingerprint density at radius 2 is 1.76 bits per heavy atom. The SMILES string of the molecule is Cc1c(NC(=O)CNC(=O)CN)cccc1S(=O)(=O)NC(C)(C)C.Cl. The van der Waals surface area contributed by atoms with Gasteiger partial charge in [0.1, 0.15) is 0 Å². The van der Waals surface area contributed by atoms with Gasteiger partial charge in [0, 0.05) is 11.2 Å². The van der Waals surface area contributed by atoms with Crippen LogP contribution in [0.4, 0.5) is 5.69 Å². The molecular formula is C15H25ClN4O4S. The molecule has 0 aliphatic rings. The molecule has 1 aromatic rings. The summed E-state index contributed by atoms with van der Waals surface area (Å²) in [7, 11) is -3.72. The molecule has 8 nitrogen and oxygen atoms in total. The molecule has 0 fully saturated rings. The number of sulfonamides is 1. The van der Waals surface area contributed by atoms with Crippen LogP contribution >= 0.6 is 12.4 Å². The first-order chi connectivity index (χ1) is 11.0. The van der Waals surface area contributed by atoms with Gasteiger partial charge in [-0.2, -0.15) is 0 Å². The van der Waals surface area contributed by atoms with Crippen LogP contribution in [0, 0.1) is 6.92 Å². The number of hydrogen-bond acceptors (Lipinski definition) is 5. The zero-order valence-electron chi connectivity index (χ0n) is 14.7. The zero-order valence-corrected chi connectivity index (χ0v) is 16.3. The monoisotopic (exact) mass is 392 g/mol. The number of hydrogen-bond donors (Lipinski definition) is 4. The van der Waals surface area contributed by atoms with Crippen LogP contribution in [0.25, 0.3) is 0 Å². The summed E-state index contributed by atoms with van der Waals surface area (Å²) >= 11 is 0. The second-order valence-corrected chi connectivity index (χ2v) is 7.96. The van der Waals surface area contributed by atoms with Crippen molar-refractivity contribution >= 4 is 39.9 Å². The smallest absolute Gasteiger partial charge is 0.243 e. The van der Waals surface area contributed by atoms with Crippen LogP contribution in [0.2, 0.25) is 0 Å². The van der Waals surface area contributed by atoms with Gasteiger partial charge < -0.3 is 16.4 Å². The van der Waals surface area contributed by atoms with E-state index in [-0.39, 0.29) is 30.4 Å². The van der Waals surface area contributed by atoms with Crippen LogP contribution in [-0.2, 0) is 19.6 Å². The Labute approximate surface area is 154 Å². The van der Waals surface area contributed by atoms with Crippen LogP contribution in [0.5, 0.6) is 0 Å². The molecule has 0 spiro atoms. The number of anilines is 1. The lowest BCUT2D eigenvalue weighted by atomic mass is 10.1. The highest BCUT2D eigenvalue weighted by Crippen LogP contribution is 2.24. The molecule has 0 bridgehead atoms. The number of halogens is 1. The lowest BCUT2D eigenvalue weighted by Crippen LogP contribution is -2.40. The Balaban J connectivity index is 0.00000576. The number of amides is 2. The van der Waals surface area contributed by atoms with Crippen molar-refractivity contribution in [2.75, 3.05) is 18.4 Å². The van der Waals surface area contributed by atoms with Gasteiger partial charge in [-0.1, -0.05) is 6.07 Å². The molecule has 2 amide bonds. The van der Waals surface area contributed by atoms with E-state index in [2.05, 4.69) is 15.4 Å². The lowest BCUT2D eigenvalue weighted by Gasteiger charge is -2.22. The van der Waals surface area contributed by atoms with E-state index >= 15 is 0 Å². The molecule has 0 aliphatic heterocycles. The molecule has 0 aromatic heterocycles. The van der Waals surface area contributed by atoms with Crippen molar-refractivity contribution in [1.29, 1.82) is 0 Å². The number of benzene rings is 1. The number of nitrogens with one attached hydrogen (secondary N) is 3. The van der Waals surface area contributed by atoms with E-state index in [1.54, 1.807) is 33.8 Å². The van der Waals surface area contributed by atoms with E-state index in [1.165, 1.54) is 12.1 Å². The van der Waals surface area contributed by atoms with Gasteiger partial charge in [-0.25, -0.2) is 13.1 Å². The molecule has 0 aliphatic carbocycles. The molecular weight excluding hydrogens is 368 g/mol. The molecule has 1 rings (SSSR count). The summed E-state index contributed by atoms with van der Waals surface area (Å²) in [5, 5.41) is 4.92. The molecule has 142 valence electrons. The second-order valence-electron chi connectivity index (χ2n) is 6.31. The third kappa shape index (κ3) is 7.39. The van der Waals surface area contributed by atoms with Crippen LogP contribution in [0.1, 0.15) is 26.3 Å². The molecule has 0 saturated heterocycles. The van der Waals surface area contributed by atoms with Crippen molar-refractivity contribution < 1.29 is 18.0 Å². The molecule has 1 aromatic carbocycles. The maximum absolute atomic E-state index is 12.5. The molecule has 0 radical (unpaired) electrons. The highest BCUT2D eigenvalue weighted by atomic mass is 35.5. The maximum Gasteiger partial charge on any atom is 0.243 e. The number of nitrogens with two attached hydrogens (primary N) is 1. The third-order valence-electron chi connectivity index (χ3n) is 2.92. The van der Waals surface area contributed by atoms with Gasteiger partial charge in [-0.3, -0.25) is 9.59 Å². The summed E-state index contributed by atoms with van der Waals surface area (Å²) in [5.74, 6) is -0.925. The molecule has 0 saturated carbocycles. The Morgan fingerprint density at radius 1 is 1.16 bits per heavy atom. The quantitative estimate of drug-likeness (QED) is 0.560. The largest absolute Gasteiger partial charge is 0.346 e. The van der Waals surface area contributed by atoms with Crippen molar-refractivity contribution in [1.82, 2.24) is 10.0 Å². The van der Waals surface area contributed by atoms with Crippen LogP contribution in [0.3, 0.4) is 0 Å². The predicted octanol–water partition coefficient (Wildman–Crippen LogP) is 0.507. The minimum absolute atomic E-state index is 0. The first kappa shape index (κ1) is 23.3. The number of rotatable bonds is 6. The fourth-order valence-electron chi connectivity index (χ4n) is 1.94. The predicted molar refractivity (Wildman–Crippen MR) is 99.2 cm³/mol. The van der Waals surface area contributed by atoms with E-state index in [4.69, 9.17) is 5.73 Å². The summed E-state index contributed by atoms with van der Waals surface area (Å²) in [6.45, 7) is 6.37. The Morgan fingerprint density at radius 3 is 2.28 bits per heavy atom.